The molecule has 0 saturated carbocycles. The van der Waals surface area contributed by atoms with Gasteiger partial charge in [0.1, 0.15) is 0 Å². The van der Waals surface area contributed by atoms with Crippen molar-refractivity contribution in [3.8, 4) is 0 Å². The SMILES string of the molecule is O=C(O)/C=C\C(=O)Nc1ccc(CCN2C(=O)CC(c3ccccc3)C2=O)cc1. The second kappa shape index (κ2) is 8.97. The van der Waals surface area contributed by atoms with Crippen molar-refractivity contribution >= 4 is 29.4 Å². The number of aliphatic carboxylic acids is 1. The molecule has 7 heteroatoms. The van der Waals surface area contributed by atoms with Gasteiger partial charge >= 0.3 is 5.97 Å². The summed E-state index contributed by atoms with van der Waals surface area (Å²) < 4.78 is 0. The van der Waals surface area contributed by atoms with E-state index in [1.165, 1.54) is 4.90 Å². The highest BCUT2D eigenvalue weighted by molar-refractivity contribution is 6.06. The minimum atomic E-state index is -1.20. The summed E-state index contributed by atoms with van der Waals surface area (Å²) in [6, 6.07) is 16.2. The number of carboxylic acid groups (broad SMARTS) is 1. The Labute approximate surface area is 167 Å². The van der Waals surface area contributed by atoms with Crippen molar-refractivity contribution in [3.05, 3.63) is 77.9 Å². The lowest BCUT2D eigenvalue weighted by Crippen LogP contribution is -2.32. The van der Waals surface area contributed by atoms with Gasteiger partial charge in [-0.1, -0.05) is 42.5 Å². The smallest absolute Gasteiger partial charge is 0.328 e. The number of rotatable bonds is 7. The van der Waals surface area contributed by atoms with E-state index in [1.807, 2.05) is 30.3 Å². The molecule has 0 bridgehead atoms. The summed E-state index contributed by atoms with van der Waals surface area (Å²) in [4.78, 5) is 48.2. The third-order valence-electron chi connectivity index (χ3n) is 4.67. The van der Waals surface area contributed by atoms with Gasteiger partial charge < -0.3 is 10.4 Å². The van der Waals surface area contributed by atoms with E-state index in [2.05, 4.69) is 5.32 Å². The van der Waals surface area contributed by atoms with Gasteiger partial charge in [0.2, 0.25) is 17.7 Å². The average Bonchev–Trinajstić information content (AvgIpc) is 3.00. The van der Waals surface area contributed by atoms with E-state index in [0.717, 1.165) is 23.3 Å². The van der Waals surface area contributed by atoms with Crippen LogP contribution in [0.4, 0.5) is 5.69 Å². The van der Waals surface area contributed by atoms with Crippen LogP contribution in [-0.4, -0.2) is 40.2 Å². The molecule has 7 nitrogen and oxygen atoms in total. The molecule has 0 spiro atoms. The lowest BCUT2D eigenvalue weighted by Gasteiger charge is -2.15. The predicted molar refractivity (Wildman–Crippen MR) is 106 cm³/mol. The van der Waals surface area contributed by atoms with Gasteiger partial charge in [-0.15, -0.1) is 0 Å². The molecule has 1 heterocycles. The maximum atomic E-state index is 12.6. The van der Waals surface area contributed by atoms with Crippen LogP contribution >= 0.6 is 0 Å². The lowest BCUT2D eigenvalue weighted by molar-refractivity contribution is -0.138. The van der Waals surface area contributed by atoms with Crippen LogP contribution in [0.15, 0.2) is 66.7 Å². The number of imide groups is 1. The first-order valence-corrected chi connectivity index (χ1v) is 9.14. The Morgan fingerprint density at radius 2 is 1.72 bits per heavy atom. The predicted octanol–water partition coefficient (Wildman–Crippen LogP) is 2.35. The van der Waals surface area contributed by atoms with Crippen LogP contribution in [0.2, 0.25) is 0 Å². The molecule has 1 aliphatic heterocycles. The first-order valence-electron chi connectivity index (χ1n) is 9.14. The molecule has 3 rings (SSSR count). The molecule has 1 atom stereocenters. The molecule has 0 radical (unpaired) electrons. The monoisotopic (exact) mass is 392 g/mol. The van der Waals surface area contributed by atoms with Gasteiger partial charge in [0.25, 0.3) is 0 Å². The van der Waals surface area contributed by atoms with Gasteiger partial charge in [-0.05, 0) is 29.7 Å². The molecule has 29 heavy (non-hydrogen) atoms. The topological polar surface area (TPSA) is 104 Å². The summed E-state index contributed by atoms with van der Waals surface area (Å²) in [6.07, 6.45) is 2.39. The first-order chi connectivity index (χ1) is 13.9. The van der Waals surface area contributed by atoms with Crippen molar-refractivity contribution in [1.82, 2.24) is 4.90 Å². The van der Waals surface area contributed by atoms with E-state index >= 15 is 0 Å². The molecule has 2 aromatic carbocycles. The van der Waals surface area contributed by atoms with Crippen molar-refractivity contribution < 1.29 is 24.3 Å². The average molecular weight is 392 g/mol. The molecular formula is C22H20N2O5. The Kier molecular flexibility index (Phi) is 6.19. The largest absolute Gasteiger partial charge is 0.478 e. The van der Waals surface area contributed by atoms with E-state index in [4.69, 9.17) is 5.11 Å². The van der Waals surface area contributed by atoms with Gasteiger partial charge in [-0.25, -0.2) is 4.79 Å². The lowest BCUT2D eigenvalue weighted by atomic mass is 9.98. The molecule has 3 amide bonds. The molecule has 0 aromatic heterocycles. The highest BCUT2D eigenvalue weighted by Gasteiger charge is 2.38. The van der Waals surface area contributed by atoms with Crippen LogP contribution in [0.25, 0.3) is 0 Å². The second-order valence-electron chi connectivity index (χ2n) is 6.66. The summed E-state index contributed by atoms with van der Waals surface area (Å²) in [5.74, 6) is -2.50. The molecule has 1 fully saturated rings. The second-order valence-corrected chi connectivity index (χ2v) is 6.66. The van der Waals surface area contributed by atoms with E-state index < -0.39 is 17.8 Å². The highest BCUT2D eigenvalue weighted by atomic mass is 16.4. The van der Waals surface area contributed by atoms with Crippen molar-refractivity contribution in [2.75, 3.05) is 11.9 Å². The standard InChI is InChI=1S/C22H20N2O5/c25-19(10-11-21(27)28)23-17-8-6-15(7-9-17)12-13-24-20(26)14-18(22(24)29)16-4-2-1-3-5-16/h1-11,18H,12-14H2,(H,23,25)(H,27,28)/b11-10-. The zero-order valence-corrected chi connectivity index (χ0v) is 15.6. The summed E-state index contributed by atoms with van der Waals surface area (Å²) in [5, 5.41) is 11.1. The van der Waals surface area contributed by atoms with E-state index in [-0.39, 0.29) is 18.2 Å². The number of anilines is 1. The normalized spacial score (nSPS) is 16.4. The first kappa shape index (κ1) is 20.0. The fourth-order valence-electron chi connectivity index (χ4n) is 3.19. The Bertz CT molecular complexity index is 951. The van der Waals surface area contributed by atoms with E-state index in [0.29, 0.717) is 18.7 Å². The quantitative estimate of drug-likeness (QED) is 0.556. The number of carbonyl (C=O) groups is 4. The summed E-state index contributed by atoms with van der Waals surface area (Å²) in [6.45, 7) is 0.300. The molecule has 1 saturated heterocycles. The molecule has 148 valence electrons. The zero-order valence-electron chi connectivity index (χ0n) is 15.6. The number of benzene rings is 2. The highest BCUT2D eigenvalue weighted by Crippen LogP contribution is 2.29. The number of carboxylic acids is 1. The summed E-state index contributed by atoms with van der Waals surface area (Å²) >= 11 is 0. The third-order valence-corrected chi connectivity index (χ3v) is 4.67. The molecule has 0 aliphatic carbocycles. The zero-order chi connectivity index (χ0) is 20.8. The Morgan fingerprint density at radius 3 is 2.38 bits per heavy atom. The number of nitrogens with one attached hydrogen (secondary N) is 1. The fraction of sp³-hybridized carbons (Fsp3) is 0.182. The fourth-order valence-corrected chi connectivity index (χ4v) is 3.19. The van der Waals surface area contributed by atoms with Crippen molar-refractivity contribution in [2.24, 2.45) is 0 Å². The van der Waals surface area contributed by atoms with Gasteiger partial charge in [-0.3, -0.25) is 19.3 Å². The number of likely N-dealkylation sites (tertiary alicyclic amines) is 1. The van der Waals surface area contributed by atoms with Crippen LogP contribution in [0, 0.1) is 0 Å². The molecular weight excluding hydrogens is 372 g/mol. The van der Waals surface area contributed by atoms with Crippen molar-refractivity contribution in [2.45, 2.75) is 18.8 Å². The molecule has 2 aromatic rings. The van der Waals surface area contributed by atoms with Gasteiger partial charge in [0.05, 0.1) is 5.92 Å². The number of hydrogen-bond donors (Lipinski definition) is 2. The molecule has 1 aliphatic rings. The Balaban J connectivity index is 1.56. The van der Waals surface area contributed by atoms with Gasteiger partial charge in [-0.2, -0.15) is 0 Å². The van der Waals surface area contributed by atoms with Crippen LogP contribution in [-0.2, 0) is 25.6 Å². The molecule has 2 N–H and O–H groups in total. The Morgan fingerprint density at radius 1 is 1.03 bits per heavy atom. The minimum absolute atomic E-state index is 0.169. The van der Waals surface area contributed by atoms with E-state index in [9.17, 15) is 19.2 Å². The van der Waals surface area contributed by atoms with Crippen LogP contribution < -0.4 is 5.32 Å². The number of carbonyl (C=O) groups excluding carboxylic acids is 3. The summed E-state index contributed by atoms with van der Waals surface area (Å²) in [5.41, 5.74) is 2.28. The summed E-state index contributed by atoms with van der Waals surface area (Å²) in [7, 11) is 0. The van der Waals surface area contributed by atoms with Crippen LogP contribution in [0.1, 0.15) is 23.5 Å². The third kappa shape index (κ3) is 5.16. The van der Waals surface area contributed by atoms with Crippen LogP contribution in [0.3, 0.4) is 0 Å². The van der Waals surface area contributed by atoms with E-state index in [1.54, 1.807) is 24.3 Å². The maximum Gasteiger partial charge on any atom is 0.328 e. The van der Waals surface area contributed by atoms with Gasteiger partial charge in [0.15, 0.2) is 0 Å². The van der Waals surface area contributed by atoms with Crippen LogP contribution in [0.5, 0.6) is 0 Å². The van der Waals surface area contributed by atoms with Gasteiger partial charge in [0, 0.05) is 30.8 Å². The number of amides is 3. The van der Waals surface area contributed by atoms with Crippen molar-refractivity contribution in [1.29, 1.82) is 0 Å². The number of hydrogen-bond acceptors (Lipinski definition) is 4. The number of nitrogens with zero attached hydrogens (tertiary/aromatic N) is 1. The maximum absolute atomic E-state index is 12.6. The minimum Gasteiger partial charge on any atom is -0.478 e. The Hall–Kier alpha value is -3.74. The van der Waals surface area contributed by atoms with Crippen molar-refractivity contribution in [3.63, 3.8) is 0 Å². The molecule has 1 unspecified atom stereocenters.